The van der Waals surface area contributed by atoms with Crippen molar-refractivity contribution in [2.75, 3.05) is 19.4 Å². The molecule has 0 unspecified atom stereocenters. The summed E-state index contributed by atoms with van der Waals surface area (Å²) in [5.74, 6) is -1.09. The van der Waals surface area contributed by atoms with Crippen LogP contribution in [-0.4, -0.2) is 81.9 Å². The Balaban J connectivity index is 1.31. The van der Waals surface area contributed by atoms with Crippen LogP contribution < -0.4 is 0 Å². The molecule has 260 valence electrons. The van der Waals surface area contributed by atoms with Gasteiger partial charge in [-0.2, -0.15) is 0 Å². The highest BCUT2D eigenvalue weighted by Crippen LogP contribution is 2.44. The number of aliphatic carboxylic acids is 1. The number of likely N-dealkylation sites (N-methyl/N-ethyl adjacent to an activating group) is 1. The number of nitrogens with zero attached hydrogens (tertiary/aromatic N) is 2. The Hall–Kier alpha value is -3.63. The van der Waals surface area contributed by atoms with Gasteiger partial charge < -0.3 is 19.7 Å². The van der Waals surface area contributed by atoms with Gasteiger partial charge in [0.25, 0.3) is 0 Å². The molecule has 9 nitrogen and oxygen atoms in total. The lowest BCUT2D eigenvalue weighted by molar-refractivity contribution is -0.161. The zero-order valence-electron chi connectivity index (χ0n) is 29.3. The number of benzene rings is 2. The van der Waals surface area contributed by atoms with Crippen LogP contribution in [0.4, 0.5) is 4.79 Å². The van der Waals surface area contributed by atoms with Gasteiger partial charge in [-0.25, -0.2) is 14.4 Å². The summed E-state index contributed by atoms with van der Waals surface area (Å²) < 4.78 is 11.8. The average molecular weight is 679 g/mol. The second-order valence-electron chi connectivity index (χ2n) is 14.3. The highest BCUT2D eigenvalue weighted by Gasteiger charge is 2.36. The molecule has 0 aromatic heterocycles. The smallest absolute Gasteiger partial charge is 0.410 e. The van der Waals surface area contributed by atoms with Crippen LogP contribution in [0.2, 0.25) is 0 Å². The second-order valence-corrected chi connectivity index (χ2v) is 15.4. The fraction of sp³-hybridized carbons (Fsp3) is 0.526. The van der Waals surface area contributed by atoms with Crippen molar-refractivity contribution in [3.8, 4) is 11.1 Å². The van der Waals surface area contributed by atoms with Crippen molar-refractivity contribution in [1.82, 2.24) is 4.90 Å². The van der Waals surface area contributed by atoms with Gasteiger partial charge in [0.05, 0.1) is 17.2 Å². The SMILES string of the molecule is C/C(=C\[C@H]1CSC([C@@H](C)[C@@H](O)C[C@H](C)C[C@H](OC(=O)[C@H](C)N(C)C(=O)OCC2c3ccccc3-c3ccccc32)C(C)(C)C)=N1)C(=O)O. The first-order chi connectivity index (χ1) is 22.6. The molecule has 2 aliphatic rings. The van der Waals surface area contributed by atoms with E-state index in [0.717, 1.165) is 27.3 Å². The molecular formula is C38H50N2O7S. The highest BCUT2D eigenvalue weighted by atomic mass is 32.2. The number of amides is 1. The summed E-state index contributed by atoms with van der Waals surface area (Å²) in [7, 11) is 1.55. The Morgan fingerprint density at radius 1 is 1.02 bits per heavy atom. The number of carboxylic acid groups (broad SMARTS) is 1. The topological polar surface area (TPSA) is 126 Å². The summed E-state index contributed by atoms with van der Waals surface area (Å²) in [4.78, 5) is 43.7. The first kappa shape index (κ1) is 37.2. The predicted octanol–water partition coefficient (Wildman–Crippen LogP) is 7.17. The summed E-state index contributed by atoms with van der Waals surface area (Å²) in [5, 5.41) is 21.1. The monoisotopic (exact) mass is 678 g/mol. The normalized spacial score (nSPS) is 19.3. The maximum Gasteiger partial charge on any atom is 0.410 e. The van der Waals surface area contributed by atoms with E-state index in [2.05, 4.69) is 29.3 Å². The van der Waals surface area contributed by atoms with Crippen LogP contribution in [0.25, 0.3) is 11.1 Å². The lowest BCUT2D eigenvalue weighted by Crippen LogP contribution is -2.45. The predicted molar refractivity (Wildman–Crippen MR) is 190 cm³/mol. The third-order valence-corrected chi connectivity index (χ3v) is 10.8. The van der Waals surface area contributed by atoms with E-state index in [0.29, 0.717) is 18.6 Å². The summed E-state index contributed by atoms with van der Waals surface area (Å²) in [5.41, 5.74) is 4.40. The number of carbonyl (C=O) groups excluding carboxylic acids is 2. The zero-order chi connectivity index (χ0) is 35.3. The molecular weight excluding hydrogens is 628 g/mol. The van der Waals surface area contributed by atoms with Crippen molar-refractivity contribution < 1.29 is 34.1 Å². The molecule has 6 atom stereocenters. The molecule has 0 saturated heterocycles. The number of aliphatic imine (C=N–C) groups is 1. The first-order valence-corrected chi connectivity index (χ1v) is 17.7. The van der Waals surface area contributed by atoms with Crippen LogP contribution in [0.1, 0.15) is 78.4 Å². The van der Waals surface area contributed by atoms with Gasteiger partial charge in [0.1, 0.15) is 18.8 Å². The van der Waals surface area contributed by atoms with Crippen molar-refractivity contribution in [3.63, 3.8) is 0 Å². The molecule has 1 amide bonds. The Labute approximate surface area is 288 Å². The van der Waals surface area contributed by atoms with E-state index in [1.165, 1.54) is 4.90 Å². The molecule has 0 saturated carbocycles. The Bertz CT molecular complexity index is 1500. The van der Waals surface area contributed by atoms with Gasteiger partial charge in [-0.05, 0) is 66.4 Å². The van der Waals surface area contributed by atoms with Crippen molar-refractivity contribution >= 4 is 34.8 Å². The maximum atomic E-state index is 13.4. The van der Waals surface area contributed by atoms with E-state index in [1.807, 2.05) is 58.9 Å². The van der Waals surface area contributed by atoms with E-state index < -0.39 is 36.3 Å². The minimum absolute atomic E-state index is 0.0200. The summed E-state index contributed by atoms with van der Waals surface area (Å²) >= 11 is 1.55. The number of carbonyl (C=O) groups is 3. The molecule has 0 fully saturated rings. The summed E-state index contributed by atoms with van der Waals surface area (Å²) in [6.07, 6.45) is 0.954. The van der Waals surface area contributed by atoms with Crippen molar-refractivity contribution in [3.05, 3.63) is 71.3 Å². The number of esters is 1. The molecule has 2 aromatic carbocycles. The number of rotatable bonds is 13. The van der Waals surface area contributed by atoms with Crippen LogP contribution in [0, 0.1) is 17.3 Å². The fourth-order valence-electron chi connectivity index (χ4n) is 6.17. The number of hydrogen-bond acceptors (Lipinski definition) is 8. The Kier molecular flexibility index (Phi) is 12.2. The number of fused-ring (bicyclic) bond motifs is 3. The summed E-state index contributed by atoms with van der Waals surface area (Å²) in [6.45, 7) is 13.3. The van der Waals surface area contributed by atoms with Crippen molar-refractivity contribution in [2.45, 2.75) is 91.5 Å². The van der Waals surface area contributed by atoms with Crippen LogP contribution in [-0.2, 0) is 19.1 Å². The minimum Gasteiger partial charge on any atom is -0.478 e. The molecule has 2 N–H and O–H groups in total. The lowest BCUT2D eigenvalue weighted by atomic mass is 9.81. The van der Waals surface area contributed by atoms with Gasteiger partial charge >= 0.3 is 18.0 Å². The molecule has 48 heavy (non-hydrogen) atoms. The van der Waals surface area contributed by atoms with Gasteiger partial charge in [-0.1, -0.05) is 83.1 Å². The number of thioether (sulfide) groups is 1. The average Bonchev–Trinajstić information content (AvgIpc) is 3.64. The lowest BCUT2D eigenvalue weighted by Gasteiger charge is -2.35. The van der Waals surface area contributed by atoms with Gasteiger partial charge in [-0.3, -0.25) is 9.89 Å². The second kappa shape index (κ2) is 15.7. The summed E-state index contributed by atoms with van der Waals surface area (Å²) in [6, 6.07) is 15.2. The van der Waals surface area contributed by atoms with Gasteiger partial charge in [0, 0.05) is 30.2 Å². The zero-order valence-corrected chi connectivity index (χ0v) is 30.1. The van der Waals surface area contributed by atoms with Gasteiger partial charge in [0.15, 0.2) is 0 Å². The molecule has 10 heteroatoms. The Morgan fingerprint density at radius 2 is 1.60 bits per heavy atom. The van der Waals surface area contributed by atoms with Gasteiger partial charge in [0.2, 0.25) is 0 Å². The highest BCUT2D eigenvalue weighted by molar-refractivity contribution is 8.14. The number of hydrogen-bond donors (Lipinski definition) is 2. The Morgan fingerprint density at radius 3 is 2.17 bits per heavy atom. The van der Waals surface area contributed by atoms with Crippen LogP contribution in [0.5, 0.6) is 0 Å². The third kappa shape index (κ3) is 8.88. The quantitative estimate of drug-likeness (QED) is 0.169. The molecule has 0 bridgehead atoms. The number of aliphatic hydroxyl groups is 1. The standard InChI is InChI=1S/C38H50N2O7S/c1-22(17-32(41)24(3)34-39-26(21-48-34)19-23(2)35(42)43)18-33(38(5,6)7)47-36(44)25(4)40(8)37(45)46-20-31-29-15-11-9-13-27(29)28-14-10-12-16-30(28)31/h9-16,19,22,24-26,31-33,41H,17-18,20-21H2,1-8H3,(H,42,43)/b23-19+/t22-,24-,25-,26-,32-,33-/m0/s1. The molecule has 0 spiro atoms. The minimum atomic E-state index is -0.960. The van der Waals surface area contributed by atoms with Crippen molar-refractivity contribution in [2.24, 2.45) is 22.2 Å². The largest absolute Gasteiger partial charge is 0.478 e. The number of carboxylic acids is 1. The molecule has 1 aliphatic carbocycles. The fourth-order valence-corrected chi connectivity index (χ4v) is 7.32. The number of ether oxygens (including phenoxy) is 2. The number of aliphatic hydroxyl groups excluding tert-OH is 1. The van der Waals surface area contributed by atoms with E-state index in [-0.39, 0.29) is 41.4 Å². The molecule has 0 radical (unpaired) electrons. The van der Waals surface area contributed by atoms with E-state index in [4.69, 9.17) is 14.6 Å². The third-order valence-electron chi connectivity index (χ3n) is 9.47. The molecule has 2 aromatic rings. The van der Waals surface area contributed by atoms with E-state index >= 15 is 0 Å². The molecule has 1 aliphatic heterocycles. The maximum absolute atomic E-state index is 13.4. The van der Waals surface area contributed by atoms with Crippen LogP contribution in [0.15, 0.2) is 65.2 Å². The first-order valence-electron chi connectivity index (χ1n) is 16.7. The van der Waals surface area contributed by atoms with Gasteiger partial charge in [-0.15, -0.1) is 11.8 Å². The molecule has 1 heterocycles. The van der Waals surface area contributed by atoms with Crippen molar-refractivity contribution in [1.29, 1.82) is 0 Å². The van der Waals surface area contributed by atoms with E-state index in [9.17, 15) is 19.5 Å². The van der Waals surface area contributed by atoms with Crippen LogP contribution >= 0.6 is 11.8 Å². The van der Waals surface area contributed by atoms with E-state index in [1.54, 1.807) is 38.7 Å². The van der Waals surface area contributed by atoms with Crippen LogP contribution in [0.3, 0.4) is 0 Å². The molecule has 4 rings (SSSR count).